The molecule has 1 aliphatic rings. The Balaban J connectivity index is 2.36. The first-order valence-corrected chi connectivity index (χ1v) is 7.12. The molecule has 1 heterocycles. The van der Waals surface area contributed by atoms with Crippen molar-refractivity contribution < 1.29 is 9.18 Å². The summed E-state index contributed by atoms with van der Waals surface area (Å²) in [4.78, 5) is 16.2. The molecule has 4 heteroatoms. The van der Waals surface area contributed by atoms with E-state index in [0.29, 0.717) is 17.2 Å². The van der Waals surface area contributed by atoms with Gasteiger partial charge in [-0.1, -0.05) is 0 Å². The minimum Gasteiger partial charge on any atom is -0.369 e. The van der Waals surface area contributed by atoms with Crippen molar-refractivity contribution in [2.75, 3.05) is 32.1 Å². The fourth-order valence-corrected chi connectivity index (χ4v) is 2.80. The topological polar surface area (TPSA) is 23.6 Å². The highest BCUT2D eigenvalue weighted by atomic mass is 19.1. The van der Waals surface area contributed by atoms with Crippen LogP contribution in [-0.4, -0.2) is 43.9 Å². The molecule has 0 bridgehead atoms. The van der Waals surface area contributed by atoms with Crippen molar-refractivity contribution in [1.29, 1.82) is 0 Å². The molecular weight excluding hydrogens is 255 g/mol. The molecule has 0 radical (unpaired) electrons. The van der Waals surface area contributed by atoms with Gasteiger partial charge in [0.25, 0.3) is 0 Å². The van der Waals surface area contributed by atoms with Crippen molar-refractivity contribution in [3.05, 3.63) is 29.1 Å². The second kappa shape index (κ2) is 5.92. The van der Waals surface area contributed by atoms with Gasteiger partial charge in [-0.3, -0.25) is 4.79 Å². The number of nitrogens with zero attached hydrogens (tertiary/aromatic N) is 2. The predicted molar refractivity (Wildman–Crippen MR) is 80.1 cm³/mol. The standard InChI is InChI=1S/C16H23FN2O/c1-11-8-16(14(12(2)20)9-15(11)17)19-7-5-6-13(10-19)18(3)4/h8-9,13H,5-7,10H2,1-4H3. The van der Waals surface area contributed by atoms with Gasteiger partial charge in [0.15, 0.2) is 5.78 Å². The fraction of sp³-hybridized carbons (Fsp3) is 0.562. The second-order valence-corrected chi connectivity index (χ2v) is 5.88. The number of carbonyl (C=O) groups is 1. The highest BCUT2D eigenvalue weighted by Crippen LogP contribution is 2.28. The van der Waals surface area contributed by atoms with Crippen LogP contribution in [0, 0.1) is 12.7 Å². The van der Waals surface area contributed by atoms with E-state index in [0.717, 1.165) is 25.2 Å². The first-order valence-electron chi connectivity index (χ1n) is 7.12. The van der Waals surface area contributed by atoms with Crippen LogP contribution < -0.4 is 4.90 Å². The van der Waals surface area contributed by atoms with E-state index < -0.39 is 0 Å². The molecule has 1 fully saturated rings. The number of carbonyl (C=O) groups excluding carboxylic acids is 1. The molecule has 3 nitrogen and oxygen atoms in total. The average Bonchev–Trinajstić information content (AvgIpc) is 2.41. The van der Waals surface area contributed by atoms with E-state index in [1.807, 2.05) is 6.07 Å². The summed E-state index contributed by atoms with van der Waals surface area (Å²) in [6.07, 6.45) is 2.26. The third kappa shape index (κ3) is 3.01. The van der Waals surface area contributed by atoms with Gasteiger partial charge in [0.2, 0.25) is 0 Å². The molecule has 20 heavy (non-hydrogen) atoms. The summed E-state index contributed by atoms with van der Waals surface area (Å²) in [5, 5.41) is 0. The van der Waals surface area contributed by atoms with Crippen molar-refractivity contribution in [1.82, 2.24) is 4.90 Å². The second-order valence-electron chi connectivity index (χ2n) is 5.88. The number of hydrogen-bond acceptors (Lipinski definition) is 3. The van der Waals surface area contributed by atoms with Crippen molar-refractivity contribution >= 4 is 11.5 Å². The summed E-state index contributed by atoms with van der Waals surface area (Å²) in [5.74, 6) is -0.383. The highest BCUT2D eigenvalue weighted by Gasteiger charge is 2.24. The number of Topliss-reactive ketones (excluding diaryl/α,β-unsaturated/α-hetero) is 1. The lowest BCUT2D eigenvalue weighted by Crippen LogP contribution is -2.45. The van der Waals surface area contributed by atoms with Crippen LogP contribution in [0.15, 0.2) is 12.1 Å². The number of aryl methyl sites for hydroxylation is 1. The molecule has 0 amide bonds. The average molecular weight is 278 g/mol. The maximum atomic E-state index is 13.7. The van der Waals surface area contributed by atoms with Crippen LogP contribution >= 0.6 is 0 Å². The van der Waals surface area contributed by atoms with Crippen LogP contribution in [0.4, 0.5) is 10.1 Å². The SMILES string of the molecule is CC(=O)c1cc(F)c(C)cc1N1CCCC(N(C)C)C1. The Morgan fingerprint density at radius 1 is 1.40 bits per heavy atom. The Labute approximate surface area is 120 Å². The Kier molecular flexibility index (Phi) is 4.43. The first-order chi connectivity index (χ1) is 9.40. The van der Waals surface area contributed by atoms with Crippen molar-refractivity contribution in [2.24, 2.45) is 0 Å². The van der Waals surface area contributed by atoms with Crippen LogP contribution in [0.1, 0.15) is 35.7 Å². The Hall–Kier alpha value is -1.42. The minimum atomic E-state index is -0.305. The molecule has 1 aromatic rings. The highest BCUT2D eigenvalue weighted by molar-refractivity contribution is 6.00. The van der Waals surface area contributed by atoms with Gasteiger partial charge in [-0.05, 0) is 58.5 Å². The maximum absolute atomic E-state index is 13.7. The molecule has 1 aromatic carbocycles. The summed E-state index contributed by atoms with van der Waals surface area (Å²) >= 11 is 0. The van der Waals surface area contributed by atoms with Crippen LogP contribution in [0.25, 0.3) is 0 Å². The number of rotatable bonds is 3. The monoisotopic (exact) mass is 278 g/mol. The lowest BCUT2D eigenvalue weighted by molar-refractivity contribution is 0.101. The van der Waals surface area contributed by atoms with Gasteiger partial charge in [0.05, 0.1) is 0 Å². The van der Waals surface area contributed by atoms with Crippen LogP contribution in [0.5, 0.6) is 0 Å². The lowest BCUT2D eigenvalue weighted by Gasteiger charge is -2.38. The van der Waals surface area contributed by atoms with E-state index in [-0.39, 0.29) is 11.6 Å². The number of benzene rings is 1. The first kappa shape index (κ1) is 15.0. The third-order valence-electron chi connectivity index (χ3n) is 4.12. The minimum absolute atomic E-state index is 0.0779. The predicted octanol–water partition coefficient (Wildman–Crippen LogP) is 2.87. The molecule has 1 aliphatic heterocycles. The molecule has 1 saturated heterocycles. The van der Waals surface area contributed by atoms with Gasteiger partial charge in [-0.25, -0.2) is 4.39 Å². The number of ketones is 1. The van der Waals surface area contributed by atoms with Gasteiger partial charge in [0.1, 0.15) is 5.82 Å². The Morgan fingerprint density at radius 3 is 2.70 bits per heavy atom. The van der Waals surface area contributed by atoms with E-state index >= 15 is 0 Å². The van der Waals surface area contributed by atoms with Crippen molar-refractivity contribution in [3.63, 3.8) is 0 Å². The van der Waals surface area contributed by atoms with Gasteiger partial charge < -0.3 is 9.80 Å². The number of likely N-dealkylation sites (N-methyl/N-ethyl adjacent to an activating group) is 1. The summed E-state index contributed by atoms with van der Waals surface area (Å²) in [6, 6.07) is 3.67. The molecule has 110 valence electrons. The van der Waals surface area contributed by atoms with E-state index in [1.165, 1.54) is 19.4 Å². The Morgan fingerprint density at radius 2 is 2.10 bits per heavy atom. The van der Waals surface area contributed by atoms with Gasteiger partial charge in [-0.15, -0.1) is 0 Å². The van der Waals surface area contributed by atoms with E-state index in [9.17, 15) is 9.18 Å². The molecular formula is C16H23FN2O. The zero-order valence-corrected chi connectivity index (χ0v) is 12.7. The molecule has 1 atom stereocenters. The summed E-state index contributed by atoms with van der Waals surface area (Å²) < 4.78 is 13.7. The molecule has 1 unspecified atom stereocenters. The lowest BCUT2D eigenvalue weighted by atomic mass is 10.00. The largest absolute Gasteiger partial charge is 0.369 e. The van der Waals surface area contributed by atoms with E-state index in [1.54, 1.807) is 6.92 Å². The van der Waals surface area contributed by atoms with E-state index in [4.69, 9.17) is 0 Å². The zero-order chi connectivity index (χ0) is 14.9. The summed E-state index contributed by atoms with van der Waals surface area (Å²) in [5.41, 5.74) is 1.97. The molecule has 2 rings (SSSR count). The molecule has 0 N–H and O–H groups in total. The number of hydrogen-bond donors (Lipinski definition) is 0. The number of halogens is 1. The van der Waals surface area contributed by atoms with Gasteiger partial charge >= 0.3 is 0 Å². The molecule has 0 spiro atoms. The Bertz CT molecular complexity index is 513. The van der Waals surface area contributed by atoms with Crippen LogP contribution in [0.3, 0.4) is 0 Å². The number of anilines is 1. The summed E-state index contributed by atoms with van der Waals surface area (Å²) in [7, 11) is 4.16. The fourth-order valence-electron chi connectivity index (χ4n) is 2.80. The van der Waals surface area contributed by atoms with Crippen LogP contribution in [-0.2, 0) is 0 Å². The number of piperidine rings is 1. The quantitative estimate of drug-likeness (QED) is 0.794. The zero-order valence-electron chi connectivity index (χ0n) is 12.7. The molecule has 0 aromatic heterocycles. The third-order valence-corrected chi connectivity index (χ3v) is 4.12. The maximum Gasteiger partial charge on any atom is 0.161 e. The summed E-state index contributed by atoms with van der Waals surface area (Å²) in [6.45, 7) is 5.06. The van der Waals surface area contributed by atoms with Gasteiger partial charge in [0, 0.05) is 30.4 Å². The van der Waals surface area contributed by atoms with E-state index in [2.05, 4.69) is 23.9 Å². The molecule has 0 saturated carbocycles. The van der Waals surface area contributed by atoms with Gasteiger partial charge in [-0.2, -0.15) is 0 Å². The van der Waals surface area contributed by atoms with Crippen LogP contribution in [0.2, 0.25) is 0 Å². The van der Waals surface area contributed by atoms with Crippen molar-refractivity contribution in [3.8, 4) is 0 Å². The normalized spacial score (nSPS) is 19.5. The van der Waals surface area contributed by atoms with Crippen molar-refractivity contribution in [2.45, 2.75) is 32.7 Å². The smallest absolute Gasteiger partial charge is 0.161 e. The molecule has 0 aliphatic carbocycles.